The summed E-state index contributed by atoms with van der Waals surface area (Å²) in [6, 6.07) is 13.7. The monoisotopic (exact) mass is 330 g/mol. The van der Waals surface area contributed by atoms with Gasteiger partial charge in [0.25, 0.3) is 0 Å². The van der Waals surface area contributed by atoms with Crippen LogP contribution in [0.1, 0.15) is 47.8 Å². The maximum atomic E-state index is 12.5. The van der Waals surface area contributed by atoms with Gasteiger partial charge in [-0.2, -0.15) is 0 Å². The van der Waals surface area contributed by atoms with E-state index in [0.29, 0.717) is 0 Å². The summed E-state index contributed by atoms with van der Waals surface area (Å²) in [4.78, 5) is 12.5. The molecule has 0 saturated heterocycles. The molecule has 0 radical (unpaired) electrons. The van der Waals surface area contributed by atoms with Crippen molar-refractivity contribution in [1.29, 1.82) is 0 Å². The number of hydrogen-bond donors (Lipinski definition) is 0. The first-order valence-corrected chi connectivity index (χ1v) is 7.49. The molecule has 0 bridgehead atoms. The van der Waals surface area contributed by atoms with Crippen LogP contribution in [-0.4, -0.2) is 5.78 Å². The number of halogens is 1. The number of carbonyl (C=O) groups is 1. The summed E-state index contributed by atoms with van der Waals surface area (Å²) in [6.45, 7) is 8.49. The standard InChI is InChI=1S/C18H19BrO/c1-12-9-14(11-16(19)10-12)17(20)13-5-7-15(8-6-13)18(2,3)4/h5-11H,1-4H3. The van der Waals surface area contributed by atoms with E-state index in [1.165, 1.54) is 5.56 Å². The molecule has 0 aliphatic rings. The van der Waals surface area contributed by atoms with Gasteiger partial charge >= 0.3 is 0 Å². The highest BCUT2D eigenvalue weighted by molar-refractivity contribution is 9.10. The van der Waals surface area contributed by atoms with Crippen molar-refractivity contribution in [3.8, 4) is 0 Å². The Morgan fingerprint density at radius 3 is 2.05 bits per heavy atom. The van der Waals surface area contributed by atoms with E-state index in [4.69, 9.17) is 0 Å². The van der Waals surface area contributed by atoms with Crippen LogP contribution in [0.4, 0.5) is 0 Å². The second-order valence-electron chi connectivity index (χ2n) is 6.17. The van der Waals surface area contributed by atoms with Gasteiger partial charge < -0.3 is 0 Å². The molecule has 0 aliphatic carbocycles. The van der Waals surface area contributed by atoms with Crippen LogP contribution in [0.25, 0.3) is 0 Å². The molecule has 1 nitrogen and oxygen atoms in total. The van der Waals surface area contributed by atoms with E-state index in [9.17, 15) is 4.79 Å². The van der Waals surface area contributed by atoms with Crippen molar-refractivity contribution in [3.63, 3.8) is 0 Å². The highest BCUT2D eigenvalue weighted by Gasteiger charge is 2.15. The zero-order valence-electron chi connectivity index (χ0n) is 12.3. The van der Waals surface area contributed by atoms with Gasteiger partial charge in [0.15, 0.2) is 5.78 Å². The molecular formula is C18H19BrO. The quantitative estimate of drug-likeness (QED) is 0.684. The minimum Gasteiger partial charge on any atom is -0.289 e. The second-order valence-corrected chi connectivity index (χ2v) is 7.09. The van der Waals surface area contributed by atoms with Gasteiger partial charge in [0, 0.05) is 15.6 Å². The SMILES string of the molecule is Cc1cc(Br)cc(C(=O)c2ccc(C(C)(C)C)cc2)c1. The number of aryl methyl sites for hydroxylation is 1. The van der Waals surface area contributed by atoms with Crippen molar-refractivity contribution < 1.29 is 4.79 Å². The zero-order valence-corrected chi connectivity index (χ0v) is 13.9. The topological polar surface area (TPSA) is 17.1 Å². The van der Waals surface area contributed by atoms with Crippen molar-refractivity contribution >= 4 is 21.7 Å². The van der Waals surface area contributed by atoms with Gasteiger partial charge in [-0.1, -0.05) is 61.0 Å². The molecule has 0 saturated carbocycles. The Kier molecular flexibility index (Phi) is 4.14. The Hall–Kier alpha value is -1.41. The van der Waals surface area contributed by atoms with Gasteiger partial charge in [-0.3, -0.25) is 4.79 Å². The van der Waals surface area contributed by atoms with E-state index < -0.39 is 0 Å². The minimum atomic E-state index is 0.0647. The lowest BCUT2D eigenvalue weighted by Crippen LogP contribution is -2.11. The normalized spacial score (nSPS) is 11.4. The minimum absolute atomic E-state index is 0.0647. The van der Waals surface area contributed by atoms with Gasteiger partial charge in [0.05, 0.1) is 0 Å². The van der Waals surface area contributed by atoms with Crippen LogP contribution < -0.4 is 0 Å². The Labute approximate surface area is 129 Å². The van der Waals surface area contributed by atoms with Crippen molar-refractivity contribution in [2.75, 3.05) is 0 Å². The van der Waals surface area contributed by atoms with E-state index in [0.717, 1.165) is 21.2 Å². The summed E-state index contributed by atoms with van der Waals surface area (Å²) in [7, 11) is 0. The fourth-order valence-electron chi connectivity index (χ4n) is 2.16. The molecule has 0 fully saturated rings. The van der Waals surface area contributed by atoms with Crippen molar-refractivity contribution in [1.82, 2.24) is 0 Å². The molecule has 2 aromatic rings. The van der Waals surface area contributed by atoms with Gasteiger partial charge in [0.2, 0.25) is 0 Å². The lowest BCUT2D eigenvalue weighted by molar-refractivity contribution is 0.103. The first kappa shape index (κ1) is 15.0. The Morgan fingerprint density at radius 2 is 1.55 bits per heavy atom. The Balaban J connectivity index is 2.34. The summed E-state index contributed by atoms with van der Waals surface area (Å²) in [5.41, 5.74) is 3.87. The largest absolute Gasteiger partial charge is 0.289 e. The molecule has 2 heteroatoms. The molecule has 2 rings (SSSR count). The van der Waals surface area contributed by atoms with Crippen LogP contribution >= 0.6 is 15.9 Å². The van der Waals surface area contributed by atoms with Crippen LogP contribution in [0, 0.1) is 6.92 Å². The molecule has 0 aromatic heterocycles. The van der Waals surface area contributed by atoms with Gasteiger partial charge in [-0.05, 0) is 41.7 Å². The van der Waals surface area contributed by atoms with Crippen molar-refractivity contribution in [3.05, 3.63) is 69.2 Å². The molecule has 0 N–H and O–H groups in total. The fraction of sp³-hybridized carbons (Fsp3) is 0.278. The summed E-state index contributed by atoms with van der Waals surface area (Å²) in [5.74, 6) is 0.0647. The molecule has 0 amide bonds. The van der Waals surface area contributed by atoms with E-state index >= 15 is 0 Å². The maximum Gasteiger partial charge on any atom is 0.193 e. The predicted molar refractivity (Wildman–Crippen MR) is 87.5 cm³/mol. The van der Waals surface area contributed by atoms with E-state index in [-0.39, 0.29) is 11.2 Å². The van der Waals surface area contributed by atoms with Crippen LogP contribution in [0.15, 0.2) is 46.9 Å². The summed E-state index contributed by atoms with van der Waals surface area (Å²) < 4.78 is 0.937. The number of benzene rings is 2. The maximum absolute atomic E-state index is 12.5. The molecule has 0 atom stereocenters. The Bertz CT molecular complexity index is 613. The summed E-state index contributed by atoms with van der Waals surface area (Å²) in [5, 5.41) is 0. The first-order valence-electron chi connectivity index (χ1n) is 6.70. The molecule has 20 heavy (non-hydrogen) atoms. The van der Waals surface area contributed by atoms with Gasteiger partial charge in [0.1, 0.15) is 0 Å². The predicted octanol–water partition coefficient (Wildman–Crippen LogP) is 5.29. The third-order valence-corrected chi connectivity index (χ3v) is 3.78. The molecule has 0 aliphatic heterocycles. The first-order chi connectivity index (χ1) is 9.27. The van der Waals surface area contributed by atoms with Crippen molar-refractivity contribution in [2.24, 2.45) is 0 Å². The fourth-order valence-corrected chi connectivity index (χ4v) is 2.76. The summed E-state index contributed by atoms with van der Waals surface area (Å²) in [6.07, 6.45) is 0. The number of carbonyl (C=O) groups excluding carboxylic acids is 1. The zero-order chi connectivity index (χ0) is 14.9. The second kappa shape index (κ2) is 5.53. The van der Waals surface area contributed by atoms with Crippen LogP contribution in [0.2, 0.25) is 0 Å². The number of hydrogen-bond acceptors (Lipinski definition) is 1. The average molecular weight is 331 g/mol. The lowest BCUT2D eigenvalue weighted by atomic mass is 9.86. The highest BCUT2D eigenvalue weighted by Crippen LogP contribution is 2.23. The summed E-state index contributed by atoms with van der Waals surface area (Å²) >= 11 is 3.44. The van der Waals surface area contributed by atoms with Gasteiger partial charge in [-0.15, -0.1) is 0 Å². The van der Waals surface area contributed by atoms with Crippen LogP contribution in [0.5, 0.6) is 0 Å². The van der Waals surface area contributed by atoms with E-state index in [2.05, 4.69) is 36.7 Å². The molecular weight excluding hydrogens is 312 g/mol. The van der Waals surface area contributed by atoms with Crippen LogP contribution in [0.3, 0.4) is 0 Å². The molecule has 0 spiro atoms. The number of ketones is 1. The molecule has 104 valence electrons. The smallest absolute Gasteiger partial charge is 0.193 e. The third-order valence-electron chi connectivity index (χ3n) is 3.32. The molecule has 2 aromatic carbocycles. The third kappa shape index (κ3) is 3.37. The van der Waals surface area contributed by atoms with E-state index in [1.54, 1.807) is 0 Å². The highest BCUT2D eigenvalue weighted by atomic mass is 79.9. The molecule has 0 heterocycles. The molecule has 0 unspecified atom stereocenters. The number of rotatable bonds is 2. The Morgan fingerprint density at radius 1 is 0.950 bits per heavy atom. The lowest BCUT2D eigenvalue weighted by Gasteiger charge is -2.19. The van der Waals surface area contributed by atoms with Gasteiger partial charge in [-0.25, -0.2) is 0 Å². The van der Waals surface area contributed by atoms with E-state index in [1.807, 2.05) is 49.4 Å². The van der Waals surface area contributed by atoms with Crippen LogP contribution in [-0.2, 0) is 5.41 Å². The van der Waals surface area contributed by atoms with Crippen molar-refractivity contribution in [2.45, 2.75) is 33.1 Å². The average Bonchev–Trinajstić information content (AvgIpc) is 2.36.